The molecule has 4 nitrogen and oxygen atoms in total. The Bertz CT molecular complexity index is 1050. The van der Waals surface area contributed by atoms with Crippen LogP contribution < -0.4 is 0 Å². The van der Waals surface area contributed by atoms with Gasteiger partial charge in [0, 0.05) is 17.1 Å². The first-order chi connectivity index (χ1) is 14.5. The third-order valence-electron chi connectivity index (χ3n) is 5.19. The molecule has 0 spiro atoms. The molecule has 0 N–H and O–H groups in total. The standard InChI is InChI=1S/C25H25ClN2O2/c1-27(2)16-23-15-21-13-14-28(17-24(21)30-23)25(29)20-9-5-18(6-10-20)3-4-19-7-11-22(26)12-8-19/h3-12,15H,13-14,16-17H2,1-2H3/b4-3-. The maximum atomic E-state index is 13.0. The first kappa shape index (κ1) is 20.5. The highest BCUT2D eigenvalue weighted by molar-refractivity contribution is 6.30. The van der Waals surface area contributed by atoms with E-state index in [9.17, 15) is 4.79 Å². The predicted octanol–water partition coefficient (Wildman–Crippen LogP) is 5.36. The monoisotopic (exact) mass is 420 g/mol. The lowest BCUT2D eigenvalue weighted by molar-refractivity contribution is 0.0718. The van der Waals surface area contributed by atoms with Gasteiger partial charge < -0.3 is 14.2 Å². The smallest absolute Gasteiger partial charge is 0.254 e. The van der Waals surface area contributed by atoms with Gasteiger partial charge in [-0.2, -0.15) is 0 Å². The molecule has 2 heterocycles. The van der Waals surface area contributed by atoms with Crippen molar-refractivity contribution in [2.24, 2.45) is 0 Å². The summed E-state index contributed by atoms with van der Waals surface area (Å²) in [6, 6.07) is 17.5. The second-order valence-corrected chi connectivity index (χ2v) is 8.32. The number of halogens is 1. The highest BCUT2D eigenvalue weighted by Gasteiger charge is 2.25. The van der Waals surface area contributed by atoms with Crippen LogP contribution in [0.3, 0.4) is 0 Å². The van der Waals surface area contributed by atoms with Gasteiger partial charge in [0.1, 0.15) is 11.5 Å². The van der Waals surface area contributed by atoms with Crippen LogP contribution in [0, 0.1) is 0 Å². The molecule has 30 heavy (non-hydrogen) atoms. The SMILES string of the molecule is CN(C)Cc1cc2c(o1)CN(C(=O)c1ccc(/C=C\c3ccc(Cl)cc3)cc1)CC2. The van der Waals surface area contributed by atoms with Crippen LogP contribution in [0.2, 0.25) is 5.02 Å². The molecule has 1 aromatic heterocycles. The molecule has 0 atom stereocenters. The molecule has 0 saturated carbocycles. The topological polar surface area (TPSA) is 36.7 Å². The lowest BCUT2D eigenvalue weighted by Gasteiger charge is -2.26. The number of nitrogens with zero attached hydrogens (tertiary/aromatic N) is 2. The summed E-state index contributed by atoms with van der Waals surface area (Å²) in [7, 11) is 4.04. The minimum atomic E-state index is 0.0411. The molecular weight excluding hydrogens is 396 g/mol. The molecule has 0 radical (unpaired) electrons. The number of carbonyl (C=O) groups is 1. The van der Waals surface area contributed by atoms with Gasteiger partial charge in [-0.3, -0.25) is 4.79 Å². The van der Waals surface area contributed by atoms with Crippen molar-refractivity contribution >= 4 is 29.7 Å². The molecule has 0 fully saturated rings. The van der Waals surface area contributed by atoms with Gasteiger partial charge in [-0.15, -0.1) is 0 Å². The Morgan fingerprint density at radius 3 is 2.33 bits per heavy atom. The number of carbonyl (C=O) groups excluding carboxylic acids is 1. The van der Waals surface area contributed by atoms with Crippen LogP contribution in [-0.2, 0) is 19.5 Å². The Morgan fingerprint density at radius 1 is 1.07 bits per heavy atom. The van der Waals surface area contributed by atoms with Crippen molar-refractivity contribution in [3.8, 4) is 0 Å². The lowest BCUT2D eigenvalue weighted by Crippen LogP contribution is -2.35. The summed E-state index contributed by atoms with van der Waals surface area (Å²) in [5.74, 6) is 1.91. The molecule has 4 rings (SSSR count). The zero-order chi connectivity index (χ0) is 21.1. The molecule has 2 aromatic carbocycles. The number of amides is 1. The quantitative estimate of drug-likeness (QED) is 0.521. The number of furan rings is 1. The highest BCUT2D eigenvalue weighted by Crippen LogP contribution is 2.25. The third kappa shape index (κ3) is 4.84. The van der Waals surface area contributed by atoms with E-state index in [-0.39, 0.29) is 5.91 Å². The number of rotatable bonds is 5. The minimum Gasteiger partial charge on any atom is -0.463 e. The van der Waals surface area contributed by atoms with Crippen LogP contribution in [0.4, 0.5) is 0 Å². The average molecular weight is 421 g/mol. The van der Waals surface area contributed by atoms with Gasteiger partial charge in [0.2, 0.25) is 0 Å². The van der Waals surface area contributed by atoms with Crippen LogP contribution in [-0.4, -0.2) is 36.3 Å². The largest absolute Gasteiger partial charge is 0.463 e. The Hall–Kier alpha value is -2.82. The first-order valence-corrected chi connectivity index (χ1v) is 10.4. The van der Waals surface area contributed by atoms with E-state index in [0.717, 1.165) is 40.6 Å². The van der Waals surface area contributed by atoms with Crippen LogP contribution in [0.1, 0.15) is 38.6 Å². The molecular formula is C25H25ClN2O2. The van der Waals surface area contributed by atoms with Crippen molar-refractivity contribution in [1.82, 2.24) is 9.80 Å². The van der Waals surface area contributed by atoms with Crippen molar-refractivity contribution in [1.29, 1.82) is 0 Å². The van der Waals surface area contributed by atoms with E-state index in [1.807, 2.05) is 79.7 Å². The minimum absolute atomic E-state index is 0.0411. The Balaban J connectivity index is 1.41. The Morgan fingerprint density at radius 2 is 1.70 bits per heavy atom. The van der Waals surface area contributed by atoms with Crippen LogP contribution in [0.15, 0.2) is 59.0 Å². The van der Waals surface area contributed by atoms with Crippen molar-refractivity contribution < 1.29 is 9.21 Å². The van der Waals surface area contributed by atoms with Crippen molar-refractivity contribution in [3.05, 3.63) is 93.4 Å². The highest BCUT2D eigenvalue weighted by atomic mass is 35.5. The summed E-state index contributed by atoms with van der Waals surface area (Å²) in [5, 5.41) is 0.725. The van der Waals surface area contributed by atoms with Gasteiger partial charge in [-0.1, -0.05) is 48.0 Å². The lowest BCUT2D eigenvalue weighted by atomic mass is 10.1. The van der Waals surface area contributed by atoms with Gasteiger partial charge in [-0.05, 0) is 67.5 Å². The third-order valence-corrected chi connectivity index (χ3v) is 5.44. The summed E-state index contributed by atoms with van der Waals surface area (Å²) in [6.07, 6.45) is 4.89. The van der Waals surface area contributed by atoms with Crippen molar-refractivity contribution in [2.75, 3.05) is 20.6 Å². The summed E-state index contributed by atoms with van der Waals surface area (Å²) < 4.78 is 5.98. The summed E-state index contributed by atoms with van der Waals surface area (Å²) >= 11 is 5.92. The molecule has 3 aromatic rings. The van der Waals surface area contributed by atoms with E-state index >= 15 is 0 Å². The summed E-state index contributed by atoms with van der Waals surface area (Å²) in [5.41, 5.74) is 4.04. The zero-order valence-electron chi connectivity index (χ0n) is 17.3. The van der Waals surface area contributed by atoms with E-state index in [1.165, 1.54) is 5.56 Å². The first-order valence-electron chi connectivity index (χ1n) is 10.1. The van der Waals surface area contributed by atoms with E-state index in [2.05, 4.69) is 11.0 Å². The second kappa shape index (κ2) is 8.90. The molecule has 1 amide bonds. The molecule has 0 saturated heterocycles. The van der Waals surface area contributed by atoms with Crippen molar-refractivity contribution in [3.63, 3.8) is 0 Å². The second-order valence-electron chi connectivity index (χ2n) is 7.88. The van der Waals surface area contributed by atoms with Gasteiger partial charge in [0.05, 0.1) is 13.1 Å². The molecule has 154 valence electrons. The molecule has 0 unspecified atom stereocenters. The van der Waals surface area contributed by atoms with E-state index in [1.54, 1.807) is 0 Å². The normalized spacial score (nSPS) is 13.8. The maximum Gasteiger partial charge on any atom is 0.254 e. The fraction of sp³-hybridized carbons (Fsp3) is 0.240. The number of benzene rings is 2. The number of fused-ring (bicyclic) bond motifs is 1. The van der Waals surface area contributed by atoms with E-state index in [0.29, 0.717) is 18.7 Å². The van der Waals surface area contributed by atoms with Gasteiger partial charge in [-0.25, -0.2) is 0 Å². The fourth-order valence-corrected chi connectivity index (χ4v) is 3.76. The van der Waals surface area contributed by atoms with Gasteiger partial charge in [0.25, 0.3) is 5.91 Å². The predicted molar refractivity (Wildman–Crippen MR) is 121 cm³/mol. The Labute approximate surface area is 182 Å². The van der Waals surface area contributed by atoms with Crippen LogP contribution >= 0.6 is 11.6 Å². The maximum absolute atomic E-state index is 13.0. The molecule has 5 heteroatoms. The van der Waals surface area contributed by atoms with Gasteiger partial charge in [0.15, 0.2) is 0 Å². The zero-order valence-corrected chi connectivity index (χ0v) is 18.0. The fourth-order valence-electron chi connectivity index (χ4n) is 3.63. The molecule has 0 bridgehead atoms. The molecule has 1 aliphatic heterocycles. The van der Waals surface area contributed by atoms with Gasteiger partial charge >= 0.3 is 0 Å². The average Bonchev–Trinajstić information content (AvgIpc) is 3.14. The van der Waals surface area contributed by atoms with Crippen LogP contribution in [0.25, 0.3) is 12.2 Å². The summed E-state index contributed by atoms with van der Waals surface area (Å²) in [6.45, 7) is 2.01. The Kier molecular flexibility index (Phi) is 6.07. The van der Waals surface area contributed by atoms with Crippen LogP contribution in [0.5, 0.6) is 0 Å². The van der Waals surface area contributed by atoms with Crippen molar-refractivity contribution in [2.45, 2.75) is 19.5 Å². The molecule has 1 aliphatic rings. The van der Waals surface area contributed by atoms with E-state index in [4.69, 9.17) is 16.0 Å². The number of hydrogen-bond donors (Lipinski definition) is 0. The molecule has 0 aliphatic carbocycles. The summed E-state index contributed by atoms with van der Waals surface area (Å²) in [4.78, 5) is 16.9. The number of hydrogen-bond acceptors (Lipinski definition) is 3. The van der Waals surface area contributed by atoms with E-state index < -0.39 is 0 Å².